The molecule has 5 nitrogen and oxygen atoms in total. The fourth-order valence-corrected chi connectivity index (χ4v) is 2.77. The highest BCUT2D eigenvalue weighted by Gasteiger charge is 2.16. The fourth-order valence-electron chi connectivity index (χ4n) is 2.54. The van der Waals surface area contributed by atoms with Crippen LogP contribution in [0.15, 0.2) is 48.5 Å². The van der Waals surface area contributed by atoms with Crippen LogP contribution in [-0.2, 0) is 14.4 Å². The Labute approximate surface area is 151 Å². The summed E-state index contributed by atoms with van der Waals surface area (Å²) in [6.45, 7) is 0.470. The molecule has 0 aliphatic carbocycles. The van der Waals surface area contributed by atoms with Crippen LogP contribution in [0.3, 0.4) is 0 Å². The standard InChI is InChI=1S/C19H20ClNO4/c20-16-12-15(14-6-2-1-3-7-14)9-10-17(16)24-13-18(22)21-25-19-8-4-5-11-23-19/h1-3,6-7,9-10,12,19H,4-5,8,11,13H2,(H,21,22). The smallest absolute Gasteiger partial charge is 0.281 e. The first-order valence-corrected chi connectivity index (χ1v) is 8.64. The number of hydrogen-bond acceptors (Lipinski definition) is 4. The minimum absolute atomic E-state index is 0.183. The summed E-state index contributed by atoms with van der Waals surface area (Å²) in [4.78, 5) is 17.0. The highest BCUT2D eigenvalue weighted by atomic mass is 35.5. The SMILES string of the molecule is O=C(COc1ccc(-c2ccccc2)cc1Cl)NOC1CCCCO1. The Morgan fingerprint density at radius 2 is 2.00 bits per heavy atom. The number of carbonyl (C=O) groups is 1. The molecule has 1 saturated heterocycles. The molecule has 1 aliphatic rings. The van der Waals surface area contributed by atoms with Gasteiger partial charge in [0.2, 0.25) is 0 Å². The van der Waals surface area contributed by atoms with E-state index in [1.54, 1.807) is 6.07 Å². The van der Waals surface area contributed by atoms with E-state index in [2.05, 4.69) is 5.48 Å². The molecule has 6 heteroatoms. The molecule has 1 N–H and O–H groups in total. The van der Waals surface area contributed by atoms with Crippen LogP contribution in [0.1, 0.15) is 19.3 Å². The molecule has 0 bridgehead atoms. The van der Waals surface area contributed by atoms with Crippen molar-refractivity contribution >= 4 is 17.5 Å². The number of rotatable bonds is 6. The minimum Gasteiger partial charge on any atom is -0.482 e. The second-order valence-electron chi connectivity index (χ2n) is 5.74. The zero-order valence-corrected chi connectivity index (χ0v) is 14.5. The van der Waals surface area contributed by atoms with Crippen molar-refractivity contribution < 1.29 is 19.1 Å². The molecule has 1 unspecified atom stereocenters. The van der Waals surface area contributed by atoms with Gasteiger partial charge in [0.25, 0.3) is 5.91 Å². The van der Waals surface area contributed by atoms with E-state index in [4.69, 9.17) is 25.9 Å². The average Bonchev–Trinajstić information content (AvgIpc) is 2.67. The van der Waals surface area contributed by atoms with E-state index >= 15 is 0 Å². The average molecular weight is 362 g/mol. The third-order valence-electron chi connectivity index (χ3n) is 3.84. The van der Waals surface area contributed by atoms with Crippen molar-refractivity contribution in [3.63, 3.8) is 0 Å². The summed E-state index contributed by atoms with van der Waals surface area (Å²) in [6.07, 6.45) is 2.44. The van der Waals surface area contributed by atoms with E-state index in [1.807, 2.05) is 42.5 Å². The molecule has 0 spiro atoms. The molecule has 0 radical (unpaired) electrons. The Bertz CT molecular complexity index is 702. The lowest BCUT2D eigenvalue weighted by Crippen LogP contribution is -2.35. The van der Waals surface area contributed by atoms with Crippen LogP contribution in [0, 0.1) is 0 Å². The maximum Gasteiger partial charge on any atom is 0.281 e. The molecular weight excluding hydrogens is 342 g/mol. The molecule has 25 heavy (non-hydrogen) atoms. The molecule has 1 amide bonds. The van der Waals surface area contributed by atoms with Gasteiger partial charge in [-0.3, -0.25) is 4.79 Å². The van der Waals surface area contributed by atoms with Crippen molar-refractivity contribution in [3.8, 4) is 16.9 Å². The Kier molecular flexibility index (Phi) is 6.28. The molecule has 0 aromatic heterocycles. The third kappa shape index (κ3) is 5.19. The van der Waals surface area contributed by atoms with Crippen LogP contribution < -0.4 is 10.2 Å². The second-order valence-corrected chi connectivity index (χ2v) is 6.15. The van der Waals surface area contributed by atoms with Gasteiger partial charge in [0.15, 0.2) is 12.9 Å². The number of ether oxygens (including phenoxy) is 2. The van der Waals surface area contributed by atoms with Crippen LogP contribution in [0.4, 0.5) is 0 Å². The van der Waals surface area contributed by atoms with Crippen molar-refractivity contribution in [1.82, 2.24) is 5.48 Å². The van der Waals surface area contributed by atoms with Crippen LogP contribution in [0.5, 0.6) is 5.75 Å². The van der Waals surface area contributed by atoms with Crippen LogP contribution in [0.2, 0.25) is 5.02 Å². The van der Waals surface area contributed by atoms with Crippen molar-refractivity contribution in [2.24, 2.45) is 0 Å². The molecule has 1 atom stereocenters. The zero-order chi connectivity index (χ0) is 17.5. The van der Waals surface area contributed by atoms with Gasteiger partial charge < -0.3 is 9.47 Å². The van der Waals surface area contributed by atoms with E-state index in [0.29, 0.717) is 17.4 Å². The first-order chi connectivity index (χ1) is 12.2. The molecule has 132 valence electrons. The summed E-state index contributed by atoms with van der Waals surface area (Å²) >= 11 is 6.25. The molecule has 2 aromatic carbocycles. The first-order valence-electron chi connectivity index (χ1n) is 8.26. The molecule has 1 aliphatic heterocycles. The maximum atomic E-state index is 11.8. The van der Waals surface area contributed by atoms with Crippen LogP contribution in [-0.4, -0.2) is 25.4 Å². The van der Waals surface area contributed by atoms with Gasteiger partial charge in [0.05, 0.1) is 5.02 Å². The predicted octanol–water partition coefficient (Wildman–Crippen LogP) is 3.96. The Morgan fingerprint density at radius 1 is 1.16 bits per heavy atom. The fraction of sp³-hybridized carbons (Fsp3) is 0.316. The summed E-state index contributed by atoms with van der Waals surface area (Å²) in [6, 6.07) is 15.4. The summed E-state index contributed by atoms with van der Waals surface area (Å²) in [7, 11) is 0. The van der Waals surface area contributed by atoms with E-state index < -0.39 is 5.91 Å². The number of benzene rings is 2. The molecule has 2 aromatic rings. The number of nitrogens with one attached hydrogen (secondary N) is 1. The lowest BCUT2D eigenvalue weighted by atomic mass is 10.1. The minimum atomic E-state index is -0.391. The molecule has 1 fully saturated rings. The lowest BCUT2D eigenvalue weighted by Gasteiger charge is -2.22. The van der Waals surface area contributed by atoms with Gasteiger partial charge in [0, 0.05) is 13.0 Å². The lowest BCUT2D eigenvalue weighted by molar-refractivity contribution is -0.201. The van der Waals surface area contributed by atoms with Gasteiger partial charge in [-0.1, -0.05) is 48.0 Å². The first kappa shape index (κ1) is 17.7. The summed E-state index contributed by atoms with van der Waals surface area (Å²) in [5.74, 6) is 0.0581. The second kappa shape index (κ2) is 8.85. The van der Waals surface area contributed by atoms with Gasteiger partial charge in [-0.05, 0) is 36.1 Å². The van der Waals surface area contributed by atoms with E-state index in [9.17, 15) is 4.79 Å². The zero-order valence-electron chi connectivity index (χ0n) is 13.7. The monoisotopic (exact) mass is 361 g/mol. The van der Waals surface area contributed by atoms with E-state index in [0.717, 1.165) is 30.4 Å². The van der Waals surface area contributed by atoms with E-state index in [1.165, 1.54) is 0 Å². The molecule has 1 heterocycles. The molecule has 3 rings (SSSR count). The van der Waals surface area contributed by atoms with Crippen LogP contribution >= 0.6 is 11.6 Å². The van der Waals surface area contributed by atoms with Gasteiger partial charge >= 0.3 is 0 Å². The number of amides is 1. The number of hydroxylamine groups is 1. The van der Waals surface area contributed by atoms with Crippen molar-refractivity contribution in [3.05, 3.63) is 53.6 Å². The van der Waals surface area contributed by atoms with Crippen molar-refractivity contribution in [2.75, 3.05) is 13.2 Å². The quantitative estimate of drug-likeness (QED) is 0.791. The molecule has 0 saturated carbocycles. The topological polar surface area (TPSA) is 56.8 Å². The third-order valence-corrected chi connectivity index (χ3v) is 4.14. The molecular formula is C19H20ClNO4. The normalized spacial score (nSPS) is 17.1. The Balaban J connectivity index is 1.50. The number of hydrogen-bond donors (Lipinski definition) is 1. The Hall–Kier alpha value is -2.08. The number of halogens is 1. The van der Waals surface area contributed by atoms with Crippen LogP contribution in [0.25, 0.3) is 11.1 Å². The van der Waals surface area contributed by atoms with Crippen molar-refractivity contribution in [1.29, 1.82) is 0 Å². The number of carbonyl (C=O) groups excluding carboxylic acids is 1. The summed E-state index contributed by atoms with van der Waals surface area (Å²) in [5, 5.41) is 0.450. The summed E-state index contributed by atoms with van der Waals surface area (Å²) < 4.78 is 10.8. The van der Waals surface area contributed by atoms with Gasteiger partial charge in [-0.25, -0.2) is 10.3 Å². The highest BCUT2D eigenvalue weighted by molar-refractivity contribution is 6.32. The predicted molar refractivity (Wildman–Crippen MR) is 95.2 cm³/mol. The summed E-state index contributed by atoms with van der Waals surface area (Å²) in [5.41, 5.74) is 4.40. The Morgan fingerprint density at radius 3 is 2.72 bits per heavy atom. The van der Waals surface area contributed by atoms with Gasteiger partial charge in [-0.2, -0.15) is 0 Å². The largest absolute Gasteiger partial charge is 0.482 e. The van der Waals surface area contributed by atoms with Crippen molar-refractivity contribution in [2.45, 2.75) is 25.6 Å². The van der Waals surface area contributed by atoms with E-state index in [-0.39, 0.29) is 12.9 Å². The van der Waals surface area contributed by atoms with Gasteiger partial charge in [-0.15, -0.1) is 0 Å². The maximum absolute atomic E-state index is 11.8. The highest BCUT2D eigenvalue weighted by Crippen LogP contribution is 2.30. The van der Waals surface area contributed by atoms with Gasteiger partial charge in [0.1, 0.15) is 5.75 Å².